The van der Waals surface area contributed by atoms with Crippen molar-refractivity contribution < 1.29 is 5.11 Å². The highest BCUT2D eigenvalue weighted by atomic mass is 35.5. The molecule has 3 nitrogen and oxygen atoms in total. The average molecular weight is 255 g/mol. The molecule has 1 aliphatic rings. The van der Waals surface area contributed by atoms with Gasteiger partial charge >= 0.3 is 0 Å². The van der Waals surface area contributed by atoms with Gasteiger partial charge in [-0.2, -0.15) is 0 Å². The van der Waals surface area contributed by atoms with E-state index < -0.39 is 0 Å². The molecule has 1 aliphatic heterocycles. The van der Waals surface area contributed by atoms with E-state index in [1.54, 1.807) is 0 Å². The molecule has 3 N–H and O–H groups in total. The van der Waals surface area contributed by atoms with Crippen LogP contribution in [0.3, 0.4) is 0 Å². The molecule has 2 rings (SSSR count). The Morgan fingerprint density at radius 1 is 1.53 bits per heavy atom. The van der Waals surface area contributed by atoms with E-state index in [0.29, 0.717) is 6.54 Å². The SMILES string of the molecule is CC1CN(c2c(Cl)cccc2CN)CCC1O. The second-order valence-electron chi connectivity index (χ2n) is 4.73. The third kappa shape index (κ3) is 2.57. The summed E-state index contributed by atoms with van der Waals surface area (Å²) in [5.41, 5.74) is 7.86. The van der Waals surface area contributed by atoms with E-state index >= 15 is 0 Å². The highest BCUT2D eigenvalue weighted by molar-refractivity contribution is 6.33. The second-order valence-corrected chi connectivity index (χ2v) is 5.14. The molecule has 1 fully saturated rings. The highest BCUT2D eigenvalue weighted by Crippen LogP contribution is 2.32. The van der Waals surface area contributed by atoms with Crippen LogP contribution < -0.4 is 10.6 Å². The number of hydrogen-bond acceptors (Lipinski definition) is 3. The Kier molecular flexibility index (Phi) is 3.92. The molecule has 17 heavy (non-hydrogen) atoms. The number of halogens is 1. The predicted molar refractivity (Wildman–Crippen MR) is 71.3 cm³/mol. The Morgan fingerprint density at radius 2 is 2.29 bits per heavy atom. The summed E-state index contributed by atoms with van der Waals surface area (Å²) in [4.78, 5) is 2.24. The van der Waals surface area contributed by atoms with E-state index in [1.165, 1.54) is 0 Å². The summed E-state index contributed by atoms with van der Waals surface area (Å²) in [6.07, 6.45) is 0.589. The molecule has 0 saturated carbocycles. The lowest BCUT2D eigenvalue weighted by Gasteiger charge is -2.37. The van der Waals surface area contributed by atoms with Crippen LogP contribution in [-0.2, 0) is 6.54 Å². The Bertz CT molecular complexity index is 397. The summed E-state index contributed by atoms with van der Waals surface area (Å²) in [7, 11) is 0. The first-order chi connectivity index (χ1) is 8.13. The van der Waals surface area contributed by atoms with Crippen LogP contribution in [0, 0.1) is 5.92 Å². The van der Waals surface area contributed by atoms with Crippen molar-refractivity contribution in [3.8, 4) is 0 Å². The lowest BCUT2D eigenvalue weighted by molar-refractivity contribution is 0.0970. The minimum absolute atomic E-state index is 0.199. The summed E-state index contributed by atoms with van der Waals surface area (Å²) in [6.45, 7) is 4.22. The first kappa shape index (κ1) is 12.7. The van der Waals surface area contributed by atoms with Crippen LogP contribution in [0.2, 0.25) is 5.02 Å². The number of nitrogens with zero attached hydrogens (tertiary/aromatic N) is 1. The standard InChI is InChI=1S/C13H19ClN2O/c1-9-8-16(6-5-12(9)17)13-10(7-15)3-2-4-11(13)14/h2-4,9,12,17H,5-8,15H2,1H3. The number of aliphatic hydroxyl groups excluding tert-OH is 1. The average Bonchev–Trinajstić information content (AvgIpc) is 2.32. The molecule has 0 aliphatic carbocycles. The fraction of sp³-hybridized carbons (Fsp3) is 0.538. The Labute approximate surface area is 107 Å². The molecular formula is C13H19ClN2O. The zero-order valence-electron chi connectivity index (χ0n) is 10.1. The van der Waals surface area contributed by atoms with Crippen molar-refractivity contribution in [2.75, 3.05) is 18.0 Å². The van der Waals surface area contributed by atoms with Gasteiger partial charge < -0.3 is 15.7 Å². The molecule has 2 unspecified atom stereocenters. The van der Waals surface area contributed by atoms with Crippen LogP contribution in [0.15, 0.2) is 18.2 Å². The summed E-state index contributed by atoms with van der Waals surface area (Å²) < 4.78 is 0. The van der Waals surface area contributed by atoms with Crippen LogP contribution in [0.1, 0.15) is 18.9 Å². The summed E-state index contributed by atoms with van der Waals surface area (Å²) >= 11 is 6.27. The van der Waals surface area contributed by atoms with Crippen molar-refractivity contribution in [2.24, 2.45) is 11.7 Å². The summed E-state index contributed by atoms with van der Waals surface area (Å²) in [5, 5.41) is 10.5. The van der Waals surface area contributed by atoms with Gasteiger partial charge in [0.2, 0.25) is 0 Å². The molecule has 0 spiro atoms. The number of benzene rings is 1. The van der Waals surface area contributed by atoms with Crippen molar-refractivity contribution >= 4 is 17.3 Å². The molecule has 0 radical (unpaired) electrons. The monoisotopic (exact) mass is 254 g/mol. The van der Waals surface area contributed by atoms with Crippen LogP contribution >= 0.6 is 11.6 Å². The third-order valence-electron chi connectivity index (χ3n) is 3.47. The van der Waals surface area contributed by atoms with Crippen LogP contribution in [-0.4, -0.2) is 24.3 Å². The summed E-state index contributed by atoms with van der Waals surface area (Å²) in [6, 6.07) is 5.83. The van der Waals surface area contributed by atoms with Gasteiger partial charge in [0, 0.05) is 19.6 Å². The minimum Gasteiger partial charge on any atom is -0.393 e. The molecule has 0 amide bonds. The highest BCUT2D eigenvalue weighted by Gasteiger charge is 2.26. The third-order valence-corrected chi connectivity index (χ3v) is 3.77. The second kappa shape index (κ2) is 5.25. The molecule has 4 heteroatoms. The number of para-hydroxylation sites is 1. The van der Waals surface area contributed by atoms with Crippen LogP contribution in [0.4, 0.5) is 5.69 Å². The summed E-state index contributed by atoms with van der Waals surface area (Å²) in [5.74, 6) is 0.269. The molecule has 1 aromatic carbocycles. The fourth-order valence-corrected chi connectivity index (χ4v) is 2.73. The van der Waals surface area contributed by atoms with Crippen LogP contribution in [0.5, 0.6) is 0 Å². The lowest BCUT2D eigenvalue weighted by atomic mass is 9.95. The molecule has 94 valence electrons. The molecule has 1 saturated heterocycles. The van der Waals surface area contributed by atoms with Gasteiger partial charge in [-0.25, -0.2) is 0 Å². The maximum absolute atomic E-state index is 9.75. The largest absolute Gasteiger partial charge is 0.393 e. The number of nitrogens with two attached hydrogens (primary N) is 1. The van der Waals surface area contributed by atoms with Gasteiger partial charge in [-0.15, -0.1) is 0 Å². The maximum atomic E-state index is 9.75. The molecule has 0 aromatic heterocycles. The maximum Gasteiger partial charge on any atom is 0.0642 e. The van der Waals surface area contributed by atoms with E-state index in [0.717, 1.165) is 35.8 Å². The van der Waals surface area contributed by atoms with Gasteiger partial charge in [-0.1, -0.05) is 30.7 Å². The van der Waals surface area contributed by atoms with Gasteiger partial charge in [-0.3, -0.25) is 0 Å². The van der Waals surface area contributed by atoms with Crippen molar-refractivity contribution in [3.05, 3.63) is 28.8 Å². The molecular weight excluding hydrogens is 236 g/mol. The minimum atomic E-state index is -0.199. The van der Waals surface area contributed by atoms with Gasteiger partial charge in [-0.05, 0) is 24.0 Å². The van der Waals surface area contributed by atoms with E-state index in [1.807, 2.05) is 18.2 Å². The quantitative estimate of drug-likeness (QED) is 0.849. The van der Waals surface area contributed by atoms with Gasteiger partial charge in [0.1, 0.15) is 0 Å². The molecule has 0 bridgehead atoms. The normalized spacial score (nSPS) is 25.1. The van der Waals surface area contributed by atoms with Crippen molar-refractivity contribution in [3.63, 3.8) is 0 Å². The Hall–Kier alpha value is -0.770. The molecule has 1 heterocycles. The lowest BCUT2D eigenvalue weighted by Crippen LogP contribution is -2.42. The van der Waals surface area contributed by atoms with E-state index in [-0.39, 0.29) is 12.0 Å². The van der Waals surface area contributed by atoms with Gasteiger partial charge in [0.15, 0.2) is 0 Å². The van der Waals surface area contributed by atoms with E-state index in [9.17, 15) is 5.11 Å². The fourth-order valence-electron chi connectivity index (χ4n) is 2.42. The van der Waals surface area contributed by atoms with Gasteiger partial charge in [0.25, 0.3) is 0 Å². The van der Waals surface area contributed by atoms with Crippen LogP contribution in [0.25, 0.3) is 0 Å². The predicted octanol–water partition coefficient (Wildman–Crippen LogP) is 2.01. The topological polar surface area (TPSA) is 49.5 Å². The Balaban J connectivity index is 2.28. The first-order valence-electron chi connectivity index (χ1n) is 6.04. The Morgan fingerprint density at radius 3 is 2.94 bits per heavy atom. The number of rotatable bonds is 2. The zero-order chi connectivity index (χ0) is 12.4. The number of aliphatic hydroxyl groups is 1. The smallest absolute Gasteiger partial charge is 0.0642 e. The van der Waals surface area contributed by atoms with E-state index in [4.69, 9.17) is 17.3 Å². The van der Waals surface area contributed by atoms with Crippen molar-refractivity contribution in [1.29, 1.82) is 0 Å². The van der Waals surface area contributed by atoms with E-state index in [2.05, 4.69) is 11.8 Å². The molecule has 1 aromatic rings. The number of hydrogen-bond donors (Lipinski definition) is 2. The van der Waals surface area contributed by atoms with Crippen molar-refractivity contribution in [1.82, 2.24) is 0 Å². The van der Waals surface area contributed by atoms with Crippen molar-refractivity contribution in [2.45, 2.75) is 26.0 Å². The number of anilines is 1. The zero-order valence-corrected chi connectivity index (χ0v) is 10.8. The van der Waals surface area contributed by atoms with Gasteiger partial charge in [0.05, 0.1) is 16.8 Å². The first-order valence-corrected chi connectivity index (χ1v) is 6.41. The number of piperidine rings is 1. The molecule has 2 atom stereocenters.